The summed E-state index contributed by atoms with van der Waals surface area (Å²) in [6, 6.07) is 3.23. The first-order valence-electron chi connectivity index (χ1n) is 7.67. The smallest absolute Gasteiger partial charge is 0.340 e. The molecule has 0 bridgehead atoms. The maximum absolute atomic E-state index is 13.6. The van der Waals surface area contributed by atoms with Crippen LogP contribution in [0.5, 0.6) is 0 Å². The van der Waals surface area contributed by atoms with Gasteiger partial charge in [0, 0.05) is 12.6 Å². The topological polar surface area (TPSA) is 66.6 Å². The number of benzene rings is 1. The Balaban J connectivity index is 2.02. The first kappa shape index (κ1) is 14.2. The van der Waals surface area contributed by atoms with Crippen LogP contribution in [0.4, 0.5) is 15.8 Å². The summed E-state index contributed by atoms with van der Waals surface area (Å²) in [7, 11) is 0. The van der Waals surface area contributed by atoms with Crippen molar-refractivity contribution in [2.45, 2.75) is 44.6 Å². The van der Waals surface area contributed by atoms with Gasteiger partial charge in [-0.3, -0.25) is 0 Å². The van der Waals surface area contributed by atoms with Crippen molar-refractivity contribution in [2.75, 3.05) is 17.2 Å². The molecule has 2 fully saturated rings. The summed E-state index contributed by atoms with van der Waals surface area (Å²) in [4.78, 5) is 13.7. The molecule has 2 atom stereocenters. The molecule has 21 heavy (non-hydrogen) atoms. The molecule has 1 aromatic rings. The van der Waals surface area contributed by atoms with E-state index in [2.05, 4.69) is 4.90 Å². The zero-order chi connectivity index (χ0) is 15.0. The number of nitrogen functional groups attached to an aromatic ring is 1. The van der Waals surface area contributed by atoms with Crippen LogP contribution in [0.2, 0.25) is 0 Å². The maximum Gasteiger partial charge on any atom is 0.340 e. The van der Waals surface area contributed by atoms with Gasteiger partial charge in [-0.15, -0.1) is 0 Å². The predicted octanol–water partition coefficient (Wildman–Crippen LogP) is 3.27. The number of piperidine rings is 1. The van der Waals surface area contributed by atoms with E-state index >= 15 is 0 Å². The van der Waals surface area contributed by atoms with Gasteiger partial charge in [-0.1, -0.05) is 12.8 Å². The SMILES string of the molecule is Nc1c(F)ccc(N2CCCC3CCCCC32)c1C(=O)O. The highest BCUT2D eigenvalue weighted by atomic mass is 19.1. The molecule has 1 heterocycles. The molecule has 5 heteroatoms. The fraction of sp³-hybridized carbons (Fsp3) is 0.562. The Morgan fingerprint density at radius 2 is 1.95 bits per heavy atom. The number of rotatable bonds is 2. The minimum absolute atomic E-state index is 0.0822. The number of aromatic carboxylic acids is 1. The number of nitrogens with zero attached hydrogens (tertiary/aromatic N) is 1. The zero-order valence-corrected chi connectivity index (χ0v) is 12.0. The number of hydrogen-bond donors (Lipinski definition) is 2. The molecule has 0 amide bonds. The van der Waals surface area contributed by atoms with Crippen molar-refractivity contribution >= 4 is 17.3 Å². The number of hydrogen-bond acceptors (Lipinski definition) is 3. The summed E-state index contributed by atoms with van der Waals surface area (Å²) in [5.41, 5.74) is 5.92. The number of halogens is 1. The number of carboxylic acid groups (broad SMARTS) is 1. The molecule has 2 aliphatic rings. The highest BCUT2D eigenvalue weighted by Gasteiger charge is 2.35. The van der Waals surface area contributed by atoms with Crippen molar-refractivity contribution in [3.8, 4) is 0 Å². The van der Waals surface area contributed by atoms with Crippen LogP contribution in [0.1, 0.15) is 48.9 Å². The molecule has 1 aromatic carbocycles. The van der Waals surface area contributed by atoms with Crippen molar-refractivity contribution in [3.63, 3.8) is 0 Å². The van der Waals surface area contributed by atoms with Gasteiger partial charge in [-0.25, -0.2) is 9.18 Å². The Morgan fingerprint density at radius 3 is 2.71 bits per heavy atom. The minimum atomic E-state index is -1.15. The van der Waals surface area contributed by atoms with Crippen molar-refractivity contribution in [1.82, 2.24) is 0 Å². The summed E-state index contributed by atoms with van der Waals surface area (Å²) >= 11 is 0. The number of carboxylic acids is 1. The Kier molecular flexibility index (Phi) is 3.74. The van der Waals surface area contributed by atoms with Gasteiger partial charge in [-0.05, 0) is 43.7 Å². The average Bonchev–Trinajstić information content (AvgIpc) is 2.49. The molecule has 3 N–H and O–H groups in total. The average molecular weight is 292 g/mol. The maximum atomic E-state index is 13.6. The molecule has 3 rings (SSSR count). The van der Waals surface area contributed by atoms with E-state index < -0.39 is 11.8 Å². The number of carbonyl (C=O) groups is 1. The molecular formula is C16H21FN2O2. The summed E-state index contributed by atoms with van der Waals surface area (Å²) in [5, 5.41) is 9.42. The van der Waals surface area contributed by atoms with Crippen molar-refractivity contribution in [3.05, 3.63) is 23.5 Å². The highest BCUT2D eigenvalue weighted by Crippen LogP contribution is 2.40. The first-order valence-corrected chi connectivity index (χ1v) is 7.67. The van der Waals surface area contributed by atoms with E-state index in [1.807, 2.05) is 0 Å². The predicted molar refractivity (Wildman–Crippen MR) is 80.1 cm³/mol. The summed E-state index contributed by atoms with van der Waals surface area (Å²) < 4.78 is 13.6. The highest BCUT2D eigenvalue weighted by molar-refractivity contribution is 6.00. The first-order chi connectivity index (χ1) is 10.1. The molecule has 0 spiro atoms. The molecular weight excluding hydrogens is 271 g/mol. The fourth-order valence-corrected chi connectivity index (χ4v) is 3.97. The summed E-state index contributed by atoms with van der Waals surface area (Å²) in [6.07, 6.45) is 6.99. The van der Waals surface area contributed by atoms with Gasteiger partial charge in [0.1, 0.15) is 11.4 Å². The van der Waals surface area contributed by atoms with E-state index in [0.29, 0.717) is 17.6 Å². The van der Waals surface area contributed by atoms with E-state index in [0.717, 1.165) is 19.4 Å². The van der Waals surface area contributed by atoms with Gasteiger partial charge in [0.15, 0.2) is 0 Å². The van der Waals surface area contributed by atoms with Crippen LogP contribution in [0.3, 0.4) is 0 Å². The lowest BCUT2D eigenvalue weighted by Gasteiger charge is -2.46. The van der Waals surface area contributed by atoms with Crippen LogP contribution < -0.4 is 10.6 Å². The third-order valence-electron chi connectivity index (χ3n) is 4.94. The van der Waals surface area contributed by atoms with Gasteiger partial charge in [0.05, 0.1) is 11.4 Å². The molecule has 1 saturated carbocycles. The fourth-order valence-electron chi connectivity index (χ4n) is 3.97. The van der Waals surface area contributed by atoms with Gasteiger partial charge >= 0.3 is 5.97 Å². The van der Waals surface area contributed by atoms with Crippen LogP contribution in [0.25, 0.3) is 0 Å². The quantitative estimate of drug-likeness (QED) is 0.821. The minimum Gasteiger partial charge on any atom is -0.478 e. The van der Waals surface area contributed by atoms with E-state index in [-0.39, 0.29) is 11.3 Å². The van der Waals surface area contributed by atoms with Gasteiger partial charge in [-0.2, -0.15) is 0 Å². The second kappa shape index (κ2) is 5.54. The van der Waals surface area contributed by atoms with Crippen LogP contribution in [0, 0.1) is 11.7 Å². The monoisotopic (exact) mass is 292 g/mol. The van der Waals surface area contributed by atoms with Crippen LogP contribution in [-0.2, 0) is 0 Å². The molecule has 1 aliphatic carbocycles. The molecule has 2 unspecified atom stereocenters. The number of anilines is 2. The van der Waals surface area contributed by atoms with Crippen molar-refractivity contribution < 1.29 is 14.3 Å². The molecule has 114 valence electrons. The van der Waals surface area contributed by atoms with Gasteiger partial charge in [0.25, 0.3) is 0 Å². The Morgan fingerprint density at radius 1 is 1.24 bits per heavy atom. The van der Waals surface area contributed by atoms with E-state index in [4.69, 9.17) is 5.73 Å². The van der Waals surface area contributed by atoms with Gasteiger partial charge in [0.2, 0.25) is 0 Å². The molecule has 1 saturated heterocycles. The largest absolute Gasteiger partial charge is 0.478 e. The van der Waals surface area contributed by atoms with E-state index in [1.54, 1.807) is 6.07 Å². The standard InChI is InChI=1S/C16H21FN2O2/c17-11-7-8-13(14(15(11)18)16(20)21)19-9-3-5-10-4-1-2-6-12(10)19/h7-8,10,12H,1-6,9,18H2,(H,20,21). The lowest BCUT2D eigenvalue weighted by Crippen LogP contribution is -2.47. The lowest BCUT2D eigenvalue weighted by atomic mass is 9.78. The lowest BCUT2D eigenvalue weighted by molar-refractivity contribution is 0.0697. The van der Waals surface area contributed by atoms with E-state index in [1.165, 1.54) is 31.7 Å². The Hall–Kier alpha value is -1.78. The van der Waals surface area contributed by atoms with Crippen LogP contribution in [0.15, 0.2) is 12.1 Å². The second-order valence-corrected chi connectivity index (χ2v) is 6.11. The van der Waals surface area contributed by atoms with Gasteiger partial charge < -0.3 is 15.7 Å². The molecule has 1 aliphatic heterocycles. The normalized spacial score (nSPS) is 25.5. The zero-order valence-electron chi connectivity index (χ0n) is 12.0. The summed E-state index contributed by atoms with van der Waals surface area (Å²) in [6.45, 7) is 0.826. The molecule has 0 aromatic heterocycles. The van der Waals surface area contributed by atoms with E-state index in [9.17, 15) is 14.3 Å². The summed E-state index contributed by atoms with van der Waals surface area (Å²) in [5.74, 6) is -1.19. The Labute approximate surface area is 123 Å². The Bertz CT molecular complexity index is 559. The van der Waals surface area contributed by atoms with Crippen molar-refractivity contribution in [2.24, 2.45) is 5.92 Å². The second-order valence-electron chi connectivity index (χ2n) is 6.11. The molecule has 4 nitrogen and oxygen atoms in total. The van der Waals surface area contributed by atoms with Crippen LogP contribution in [-0.4, -0.2) is 23.7 Å². The van der Waals surface area contributed by atoms with Crippen molar-refractivity contribution in [1.29, 1.82) is 0 Å². The van der Waals surface area contributed by atoms with Crippen LogP contribution >= 0.6 is 0 Å². The third kappa shape index (κ3) is 2.45. The number of fused-ring (bicyclic) bond motifs is 1. The number of nitrogens with two attached hydrogens (primary N) is 1. The molecule has 0 radical (unpaired) electrons. The third-order valence-corrected chi connectivity index (χ3v) is 4.94.